The molecule has 156 valence electrons. The average Bonchev–Trinajstić information content (AvgIpc) is 3.49. The molecule has 0 N–H and O–H groups in total. The Hall–Kier alpha value is -2.66. The number of rotatable bonds is 4. The summed E-state index contributed by atoms with van der Waals surface area (Å²) < 4.78 is 5.79. The first-order valence-electron chi connectivity index (χ1n) is 10.9. The smallest absolute Gasteiger partial charge is 0.233 e. The highest BCUT2D eigenvalue weighted by Crippen LogP contribution is 2.50. The summed E-state index contributed by atoms with van der Waals surface area (Å²) in [6.07, 6.45) is 2.91. The first kappa shape index (κ1) is 19.3. The van der Waals surface area contributed by atoms with Crippen molar-refractivity contribution in [3.05, 3.63) is 71.8 Å². The van der Waals surface area contributed by atoms with Crippen molar-refractivity contribution < 1.29 is 14.3 Å². The van der Waals surface area contributed by atoms with Gasteiger partial charge in [0.05, 0.1) is 17.6 Å². The third-order valence-electron chi connectivity index (χ3n) is 6.99. The van der Waals surface area contributed by atoms with Gasteiger partial charge in [-0.05, 0) is 30.4 Å². The number of hydrogen-bond donors (Lipinski definition) is 0. The van der Waals surface area contributed by atoms with Crippen LogP contribution in [0.1, 0.15) is 36.8 Å². The molecule has 2 aromatic rings. The molecule has 0 aromatic heterocycles. The van der Waals surface area contributed by atoms with Crippen LogP contribution in [0.2, 0.25) is 0 Å². The summed E-state index contributed by atoms with van der Waals surface area (Å²) in [5.41, 5.74) is 1.37. The largest absolute Gasteiger partial charge is 0.379 e. The van der Waals surface area contributed by atoms with Gasteiger partial charge >= 0.3 is 0 Å². The molecule has 5 nitrogen and oxygen atoms in total. The molecule has 1 unspecified atom stereocenters. The molecule has 2 aliphatic heterocycles. The second-order valence-corrected chi connectivity index (χ2v) is 8.92. The van der Waals surface area contributed by atoms with Crippen molar-refractivity contribution >= 4 is 11.8 Å². The molecule has 0 radical (unpaired) electrons. The van der Waals surface area contributed by atoms with E-state index in [2.05, 4.69) is 24.3 Å². The first-order chi connectivity index (χ1) is 14.6. The highest BCUT2D eigenvalue weighted by Gasteiger charge is 2.55. The number of carbonyl (C=O) groups is 2. The number of carbonyl (C=O) groups excluding carboxylic acids is 2. The Bertz CT molecular complexity index is 918. The Balaban J connectivity index is 1.43. The van der Waals surface area contributed by atoms with Crippen LogP contribution in [0.25, 0.3) is 0 Å². The predicted molar refractivity (Wildman–Crippen MR) is 114 cm³/mol. The summed E-state index contributed by atoms with van der Waals surface area (Å²) in [7, 11) is 0. The maximum atomic E-state index is 13.7. The van der Waals surface area contributed by atoms with Gasteiger partial charge in [-0.15, -0.1) is 0 Å². The van der Waals surface area contributed by atoms with Crippen molar-refractivity contribution in [2.75, 3.05) is 26.3 Å². The van der Waals surface area contributed by atoms with Gasteiger partial charge in [-0.3, -0.25) is 9.59 Å². The minimum atomic E-state index is -0.439. The summed E-state index contributed by atoms with van der Waals surface area (Å²) in [5, 5.41) is 0. The summed E-state index contributed by atoms with van der Waals surface area (Å²) in [6.45, 7) is 2.73. The predicted octanol–water partition coefficient (Wildman–Crippen LogP) is 3.14. The molecular formula is C25H28N2O3. The fourth-order valence-electron chi connectivity index (χ4n) is 5.09. The molecule has 3 fully saturated rings. The summed E-state index contributed by atoms with van der Waals surface area (Å²) in [6, 6.07) is 20.2. The van der Waals surface area contributed by atoms with Gasteiger partial charge < -0.3 is 14.5 Å². The van der Waals surface area contributed by atoms with Crippen LogP contribution in [-0.2, 0) is 26.3 Å². The van der Waals surface area contributed by atoms with E-state index in [4.69, 9.17) is 4.74 Å². The molecule has 30 heavy (non-hydrogen) atoms. The molecule has 2 saturated heterocycles. The lowest BCUT2D eigenvalue weighted by Gasteiger charge is -2.41. The van der Waals surface area contributed by atoms with Crippen molar-refractivity contribution in [3.8, 4) is 0 Å². The molecule has 1 atom stereocenters. The number of hydrogen-bond acceptors (Lipinski definition) is 3. The van der Waals surface area contributed by atoms with Gasteiger partial charge in [-0.1, -0.05) is 60.7 Å². The van der Waals surface area contributed by atoms with Crippen LogP contribution in [0.4, 0.5) is 0 Å². The molecule has 5 rings (SSSR count). The molecule has 5 heteroatoms. The number of nitrogens with zero attached hydrogens (tertiary/aromatic N) is 2. The van der Waals surface area contributed by atoms with E-state index in [0.717, 1.165) is 30.4 Å². The van der Waals surface area contributed by atoms with E-state index in [1.54, 1.807) is 0 Å². The van der Waals surface area contributed by atoms with Crippen LogP contribution >= 0.6 is 0 Å². The second kappa shape index (κ2) is 7.55. The summed E-state index contributed by atoms with van der Waals surface area (Å²) >= 11 is 0. The Morgan fingerprint density at radius 1 is 0.967 bits per heavy atom. The quantitative estimate of drug-likeness (QED) is 0.787. The van der Waals surface area contributed by atoms with Crippen molar-refractivity contribution in [2.24, 2.45) is 0 Å². The molecule has 2 amide bonds. The van der Waals surface area contributed by atoms with Gasteiger partial charge in [-0.25, -0.2) is 0 Å². The van der Waals surface area contributed by atoms with E-state index in [1.807, 2.05) is 46.2 Å². The van der Waals surface area contributed by atoms with E-state index in [1.165, 1.54) is 0 Å². The monoisotopic (exact) mass is 404 g/mol. The average molecular weight is 405 g/mol. The zero-order chi connectivity index (χ0) is 20.6. The number of ether oxygens (including phenoxy) is 1. The van der Waals surface area contributed by atoms with Gasteiger partial charge in [0.1, 0.15) is 0 Å². The SMILES string of the molecule is O=C1CCN(C(=O)C2(c3ccccc3)CC2)CC2(CCOC2)N1Cc1ccccc1. The van der Waals surface area contributed by atoms with E-state index in [9.17, 15) is 9.59 Å². The Morgan fingerprint density at radius 2 is 1.67 bits per heavy atom. The van der Waals surface area contributed by atoms with Crippen LogP contribution in [0.3, 0.4) is 0 Å². The zero-order valence-electron chi connectivity index (χ0n) is 17.3. The van der Waals surface area contributed by atoms with Crippen LogP contribution < -0.4 is 0 Å². The minimum Gasteiger partial charge on any atom is -0.379 e. The normalized spacial score (nSPS) is 25.4. The van der Waals surface area contributed by atoms with Crippen LogP contribution in [0.5, 0.6) is 0 Å². The molecule has 0 bridgehead atoms. The molecule has 1 spiro atoms. The van der Waals surface area contributed by atoms with Gasteiger partial charge in [-0.2, -0.15) is 0 Å². The van der Waals surface area contributed by atoms with Crippen LogP contribution in [-0.4, -0.2) is 53.5 Å². The van der Waals surface area contributed by atoms with E-state index < -0.39 is 11.0 Å². The van der Waals surface area contributed by atoms with Crippen molar-refractivity contribution in [2.45, 2.75) is 43.2 Å². The van der Waals surface area contributed by atoms with Gasteiger partial charge in [0.2, 0.25) is 11.8 Å². The topological polar surface area (TPSA) is 49.9 Å². The minimum absolute atomic E-state index is 0.115. The van der Waals surface area contributed by atoms with E-state index in [0.29, 0.717) is 39.3 Å². The van der Waals surface area contributed by atoms with E-state index >= 15 is 0 Å². The van der Waals surface area contributed by atoms with Crippen molar-refractivity contribution in [3.63, 3.8) is 0 Å². The fraction of sp³-hybridized carbons (Fsp3) is 0.440. The zero-order valence-corrected chi connectivity index (χ0v) is 17.3. The third-order valence-corrected chi connectivity index (χ3v) is 6.99. The van der Waals surface area contributed by atoms with Crippen LogP contribution in [0, 0.1) is 0 Å². The molecule has 2 heterocycles. The summed E-state index contributed by atoms with van der Waals surface area (Å²) in [5.74, 6) is 0.290. The maximum absolute atomic E-state index is 13.7. The third kappa shape index (κ3) is 3.31. The van der Waals surface area contributed by atoms with Gasteiger partial charge in [0, 0.05) is 32.7 Å². The molecule has 1 aliphatic carbocycles. The highest BCUT2D eigenvalue weighted by molar-refractivity contribution is 5.92. The van der Waals surface area contributed by atoms with Crippen molar-refractivity contribution in [1.29, 1.82) is 0 Å². The lowest BCUT2D eigenvalue weighted by Crippen LogP contribution is -2.57. The lowest BCUT2D eigenvalue weighted by atomic mass is 9.91. The Morgan fingerprint density at radius 3 is 2.30 bits per heavy atom. The maximum Gasteiger partial charge on any atom is 0.233 e. The first-order valence-corrected chi connectivity index (χ1v) is 10.9. The lowest BCUT2D eigenvalue weighted by molar-refractivity contribution is -0.139. The summed E-state index contributed by atoms with van der Waals surface area (Å²) in [4.78, 5) is 30.9. The molecule has 1 saturated carbocycles. The van der Waals surface area contributed by atoms with Gasteiger partial charge in [0.25, 0.3) is 0 Å². The Kier molecular flexibility index (Phi) is 4.86. The highest BCUT2D eigenvalue weighted by atomic mass is 16.5. The molecule has 2 aromatic carbocycles. The Labute approximate surface area is 177 Å². The second-order valence-electron chi connectivity index (χ2n) is 8.92. The number of amides is 2. The van der Waals surface area contributed by atoms with Crippen LogP contribution in [0.15, 0.2) is 60.7 Å². The van der Waals surface area contributed by atoms with Crippen molar-refractivity contribution in [1.82, 2.24) is 9.80 Å². The number of benzene rings is 2. The fourth-order valence-corrected chi connectivity index (χ4v) is 5.09. The molecule has 3 aliphatic rings. The van der Waals surface area contributed by atoms with Gasteiger partial charge in [0.15, 0.2) is 0 Å². The molecular weight excluding hydrogens is 376 g/mol. The van der Waals surface area contributed by atoms with E-state index in [-0.39, 0.29) is 11.8 Å². The standard InChI is InChI=1S/C25H28N2O3/c28-22-11-15-26(23(29)25(12-13-25)21-9-5-2-6-10-21)18-24(14-16-30-19-24)27(22)17-20-7-3-1-4-8-20/h1-10H,11-19H2.